The van der Waals surface area contributed by atoms with Gasteiger partial charge >= 0.3 is 0 Å². The molecule has 0 spiro atoms. The topological polar surface area (TPSA) is 17.1 Å². The fourth-order valence-electron chi connectivity index (χ4n) is 2.70. The van der Waals surface area contributed by atoms with Gasteiger partial charge in [-0.25, -0.2) is 0 Å². The first-order valence-corrected chi connectivity index (χ1v) is 6.36. The zero-order valence-electron chi connectivity index (χ0n) is 10.7. The molecule has 0 aliphatic heterocycles. The number of hydrogen-bond donors (Lipinski definition) is 0. The number of benzene rings is 2. The number of ketones is 1. The molecule has 1 atom stereocenters. The Morgan fingerprint density at radius 3 is 2.61 bits per heavy atom. The van der Waals surface area contributed by atoms with Gasteiger partial charge in [-0.05, 0) is 42.5 Å². The maximum atomic E-state index is 12.6. The molecule has 1 unspecified atom stereocenters. The Kier molecular flexibility index (Phi) is 2.55. The van der Waals surface area contributed by atoms with Crippen LogP contribution in [0.2, 0.25) is 0 Å². The molecule has 0 bridgehead atoms. The van der Waals surface area contributed by atoms with Gasteiger partial charge in [0.15, 0.2) is 5.78 Å². The number of Topliss-reactive ketones (excluding diaryl/α,β-unsaturated/α-hetero) is 1. The third-order valence-corrected chi connectivity index (χ3v) is 4.04. The molecular weight excluding hydrogens is 220 g/mol. The Morgan fingerprint density at radius 1 is 1.06 bits per heavy atom. The molecule has 0 aromatic heterocycles. The molecule has 0 amide bonds. The standard InChI is InChI=1S/C17H16O/c1-11-6-5-9-14(12(11)2)17(18)16-10-13-7-3-4-8-15(13)16/h3-9,16H,10H2,1-2H3. The van der Waals surface area contributed by atoms with Crippen LogP contribution in [-0.2, 0) is 6.42 Å². The average molecular weight is 236 g/mol. The summed E-state index contributed by atoms with van der Waals surface area (Å²) in [5.41, 5.74) is 5.72. The third kappa shape index (κ3) is 1.59. The van der Waals surface area contributed by atoms with Crippen molar-refractivity contribution in [3.63, 3.8) is 0 Å². The van der Waals surface area contributed by atoms with Gasteiger partial charge in [0.25, 0.3) is 0 Å². The summed E-state index contributed by atoms with van der Waals surface area (Å²) < 4.78 is 0. The van der Waals surface area contributed by atoms with E-state index in [1.807, 2.05) is 31.2 Å². The summed E-state index contributed by atoms with van der Waals surface area (Å²) in [5, 5.41) is 0. The second kappa shape index (κ2) is 4.09. The monoisotopic (exact) mass is 236 g/mol. The summed E-state index contributed by atoms with van der Waals surface area (Å²) in [4.78, 5) is 12.6. The van der Waals surface area contributed by atoms with Crippen molar-refractivity contribution in [2.45, 2.75) is 26.2 Å². The number of fused-ring (bicyclic) bond motifs is 1. The molecule has 1 aliphatic rings. The Hall–Kier alpha value is -1.89. The quantitative estimate of drug-likeness (QED) is 0.724. The summed E-state index contributed by atoms with van der Waals surface area (Å²) in [6.45, 7) is 4.09. The Balaban J connectivity index is 1.96. The molecule has 2 aromatic carbocycles. The van der Waals surface area contributed by atoms with Crippen molar-refractivity contribution < 1.29 is 4.79 Å². The minimum Gasteiger partial charge on any atom is -0.293 e. The van der Waals surface area contributed by atoms with Crippen molar-refractivity contribution in [1.82, 2.24) is 0 Å². The maximum Gasteiger partial charge on any atom is 0.170 e. The summed E-state index contributed by atoms with van der Waals surface area (Å²) in [7, 11) is 0. The summed E-state index contributed by atoms with van der Waals surface area (Å²) in [6, 6.07) is 14.2. The highest BCUT2D eigenvalue weighted by Crippen LogP contribution is 2.37. The SMILES string of the molecule is Cc1cccc(C(=O)C2Cc3ccccc32)c1C. The van der Waals surface area contributed by atoms with E-state index in [4.69, 9.17) is 0 Å². The van der Waals surface area contributed by atoms with E-state index in [9.17, 15) is 4.79 Å². The van der Waals surface area contributed by atoms with Crippen LogP contribution in [0.15, 0.2) is 42.5 Å². The van der Waals surface area contributed by atoms with Crippen LogP contribution in [0.4, 0.5) is 0 Å². The van der Waals surface area contributed by atoms with Crippen molar-refractivity contribution >= 4 is 5.78 Å². The van der Waals surface area contributed by atoms with Crippen LogP contribution in [-0.4, -0.2) is 5.78 Å². The lowest BCUT2D eigenvalue weighted by atomic mass is 9.73. The Morgan fingerprint density at radius 2 is 1.83 bits per heavy atom. The predicted octanol–water partition coefficient (Wildman–Crippen LogP) is 3.83. The predicted molar refractivity (Wildman–Crippen MR) is 73.1 cm³/mol. The van der Waals surface area contributed by atoms with E-state index in [0.29, 0.717) is 0 Å². The lowest BCUT2D eigenvalue weighted by molar-refractivity contribution is 0.0948. The van der Waals surface area contributed by atoms with Crippen molar-refractivity contribution in [1.29, 1.82) is 0 Å². The highest BCUT2D eigenvalue weighted by Gasteiger charge is 2.32. The van der Waals surface area contributed by atoms with E-state index >= 15 is 0 Å². The molecule has 90 valence electrons. The van der Waals surface area contributed by atoms with E-state index in [1.54, 1.807) is 0 Å². The molecule has 0 saturated heterocycles. The molecule has 0 heterocycles. The van der Waals surface area contributed by atoms with Crippen molar-refractivity contribution in [2.75, 3.05) is 0 Å². The minimum atomic E-state index is 0.0710. The normalized spacial score (nSPS) is 16.9. The van der Waals surface area contributed by atoms with Gasteiger partial charge in [0.1, 0.15) is 0 Å². The lowest BCUT2D eigenvalue weighted by Crippen LogP contribution is -2.25. The summed E-state index contributed by atoms with van der Waals surface area (Å²) in [5.74, 6) is 0.344. The van der Waals surface area contributed by atoms with Crippen molar-refractivity contribution in [3.8, 4) is 0 Å². The molecule has 0 N–H and O–H groups in total. The van der Waals surface area contributed by atoms with Gasteiger partial charge in [-0.2, -0.15) is 0 Å². The molecule has 3 rings (SSSR count). The van der Waals surface area contributed by atoms with Gasteiger partial charge in [-0.3, -0.25) is 4.79 Å². The van der Waals surface area contributed by atoms with Gasteiger partial charge in [0.05, 0.1) is 5.92 Å². The van der Waals surface area contributed by atoms with Crippen LogP contribution < -0.4 is 0 Å². The minimum absolute atomic E-state index is 0.0710. The molecule has 0 radical (unpaired) electrons. The number of hydrogen-bond acceptors (Lipinski definition) is 1. The van der Waals surface area contributed by atoms with Crippen LogP contribution >= 0.6 is 0 Å². The summed E-state index contributed by atoms with van der Waals surface area (Å²) >= 11 is 0. The third-order valence-electron chi connectivity index (χ3n) is 4.04. The molecule has 1 heteroatoms. The van der Waals surface area contributed by atoms with Crippen LogP contribution in [0.25, 0.3) is 0 Å². The molecule has 2 aromatic rings. The van der Waals surface area contributed by atoms with Gasteiger partial charge in [0.2, 0.25) is 0 Å². The molecular formula is C17H16O. The van der Waals surface area contributed by atoms with Crippen molar-refractivity contribution in [2.24, 2.45) is 0 Å². The lowest BCUT2D eigenvalue weighted by Gasteiger charge is -2.29. The largest absolute Gasteiger partial charge is 0.293 e. The van der Waals surface area contributed by atoms with Crippen LogP contribution in [0, 0.1) is 13.8 Å². The average Bonchev–Trinajstić information content (AvgIpc) is 2.34. The zero-order valence-corrected chi connectivity index (χ0v) is 10.7. The number of carbonyl (C=O) groups excluding carboxylic acids is 1. The number of rotatable bonds is 2. The maximum absolute atomic E-state index is 12.6. The number of carbonyl (C=O) groups is 1. The molecule has 0 saturated carbocycles. The fraction of sp³-hybridized carbons (Fsp3) is 0.235. The van der Waals surface area contributed by atoms with Crippen molar-refractivity contribution in [3.05, 3.63) is 70.3 Å². The van der Waals surface area contributed by atoms with Gasteiger partial charge in [-0.15, -0.1) is 0 Å². The van der Waals surface area contributed by atoms with E-state index < -0.39 is 0 Å². The molecule has 18 heavy (non-hydrogen) atoms. The van der Waals surface area contributed by atoms with Crippen LogP contribution in [0.5, 0.6) is 0 Å². The molecule has 0 fully saturated rings. The van der Waals surface area contributed by atoms with Crippen LogP contribution in [0.1, 0.15) is 38.5 Å². The highest BCUT2D eigenvalue weighted by atomic mass is 16.1. The first-order chi connectivity index (χ1) is 8.68. The van der Waals surface area contributed by atoms with E-state index in [-0.39, 0.29) is 11.7 Å². The van der Waals surface area contributed by atoms with Gasteiger partial charge < -0.3 is 0 Å². The first kappa shape index (κ1) is 11.2. The summed E-state index contributed by atoms with van der Waals surface area (Å²) in [6.07, 6.45) is 0.891. The molecule has 1 aliphatic carbocycles. The van der Waals surface area contributed by atoms with E-state index in [0.717, 1.165) is 17.5 Å². The second-order valence-corrected chi connectivity index (χ2v) is 5.07. The van der Waals surface area contributed by atoms with Gasteiger partial charge in [-0.1, -0.05) is 42.5 Å². The van der Waals surface area contributed by atoms with E-state index in [2.05, 4.69) is 25.1 Å². The first-order valence-electron chi connectivity index (χ1n) is 6.36. The Bertz CT molecular complexity index is 625. The number of aryl methyl sites for hydroxylation is 1. The highest BCUT2D eigenvalue weighted by molar-refractivity contribution is 6.03. The Labute approximate surface area is 107 Å². The second-order valence-electron chi connectivity index (χ2n) is 5.07. The van der Waals surface area contributed by atoms with E-state index in [1.165, 1.54) is 16.7 Å². The fourth-order valence-corrected chi connectivity index (χ4v) is 2.70. The van der Waals surface area contributed by atoms with Gasteiger partial charge in [0, 0.05) is 5.56 Å². The zero-order chi connectivity index (χ0) is 12.7. The van der Waals surface area contributed by atoms with Crippen LogP contribution in [0.3, 0.4) is 0 Å². The molecule has 1 nitrogen and oxygen atoms in total. The smallest absolute Gasteiger partial charge is 0.170 e.